The SMILES string of the molecule is O=C1CCC(C/C=C/CCS(=O)(=O)NC2(c3ccc(F)c(OCC4CCCC4)c3)CC2)C(=O)N1. The van der Waals surface area contributed by atoms with Gasteiger partial charge >= 0.3 is 0 Å². The first-order chi connectivity index (χ1) is 16.3. The molecule has 3 aliphatic rings. The van der Waals surface area contributed by atoms with E-state index >= 15 is 0 Å². The Morgan fingerprint density at radius 2 is 1.91 bits per heavy atom. The van der Waals surface area contributed by atoms with E-state index < -0.39 is 21.4 Å². The van der Waals surface area contributed by atoms with E-state index in [4.69, 9.17) is 4.74 Å². The van der Waals surface area contributed by atoms with E-state index in [0.717, 1.165) is 18.4 Å². The monoisotopic (exact) mass is 492 g/mol. The summed E-state index contributed by atoms with van der Waals surface area (Å²) < 4.78 is 48.3. The average Bonchev–Trinajstić information content (AvgIpc) is 3.35. The number of hydrogen-bond donors (Lipinski definition) is 2. The zero-order chi connectivity index (χ0) is 24.2. The molecule has 9 heteroatoms. The van der Waals surface area contributed by atoms with E-state index in [1.54, 1.807) is 24.3 Å². The zero-order valence-electron chi connectivity index (χ0n) is 19.4. The van der Waals surface area contributed by atoms with Crippen molar-refractivity contribution >= 4 is 21.8 Å². The van der Waals surface area contributed by atoms with Crippen molar-refractivity contribution in [3.8, 4) is 5.75 Å². The molecule has 186 valence electrons. The topological polar surface area (TPSA) is 102 Å². The van der Waals surface area contributed by atoms with Crippen molar-refractivity contribution < 1.29 is 27.1 Å². The maximum absolute atomic E-state index is 14.3. The summed E-state index contributed by atoms with van der Waals surface area (Å²) in [6, 6.07) is 4.62. The minimum atomic E-state index is -3.56. The van der Waals surface area contributed by atoms with Gasteiger partial charge in [-0.1, -0.05) is 31.1 Å². The molecule has 0 bridgehead atoms. The fourth-order valence-electron chi connectivity index (χ4n) is 4.78. The molecule has 7 nitrogen and oxygen atoms in total. The van der Waals surface area contributed by atoms with Crippen molar-refractivity contribution in [3.63, 3.8) is 0 Å². The van der Waals surface area contributed by atoms with Crippen LogP contribution < -0.4 is 14.8 Å². The number of piperidine rings is 1. The van der Waals surface area contributed by atoms with Gasteiger partial charge in [-0.05, 0) is 68.6 Å². The minimum Gasteiger partial charge on any atom is -0.490 e. The maximum atomic E-state index is 14.3. The highest BCUT2D eigenvalue weighted by molar-refractivity contribution is 7.89. The Balaban J connectivity index is 1.28. The van der Waals surface area contributed by atoms with Gasteiger partial charge in [-0.3, -0.25) is 14.9 Å². The van der Waals surface area contributed by atoms with Gasteiger partial charge in [-0.25, -0.2) is 17.5 Å². The Morgan fingerprint density at radius 3 is 2.62 bits per heavy atom. The molecule has 1 saturated heterocycles. The molecule has 2 aliphatic carbocycles. The standard InChI is InChI=1S/C25H33FN2O5S/c26-21-11-10-20(16-22(21)33-17-18-6-3-4-7-18)25(13-14-25)28-34(31,32)15-5-1-2-8-19-9-12-23(29)27-24(19)30/h1-2,10-11,16,18-19,28H,3-9,12-15,17H2,(H,27,29,30)/b2-1+. The molecule has 1 aromatic rings. The van der Waals surface area contributed by atoms with E-state index in [0.29, 0.717) is 51.0 Å². The molecular weight excluding hydrogens is 459 g/mol. The molecule has 1 atom stereocenters. The molecule has 0 radical (unpaired) electrons. The lowest BCUT2D eigenvalue weighted by Gasteiger charge is -2.20. The third-order valence-corrected chi connectivity index (χ3v) is 8.50. The van der Waals surface area contributed by atoms with Crippen molar-refractivity contribution in [1.82, 2.24) is 10.0 Å². The first kappa shape index (κ1) is 24.9. The van der Waals surface area contributed by atoms with Gasteiger partial charge in [0.05, 0.1) is 17.9 Å². The number of hydrogen-bond acceptors (Lipinski definition) is 5. The largest absolute Gasteiger partial charge is 0.490 e. The summed E-state index contributed by atoms with van der Waals surface area (Å²) in [5.74, 6) is -0.622. The molecule has 1 heterocycles. The summed E-state index contributed by atoms with van der Waals surface area (Å²) in [5, 5.41) is 2.32. The van der Waals surface area contributed by atoms with Crippen molar-refractivity contribution in [1.29, 1.82) is 0 Å². The molecule has 0 aromatic heterocycles. The Hall–Kier alpha value is -2.26. The second-order valence-electron chi connectivity index (χ2n) is 9.75. The van der Waals surface area contributed by atoms with E-state index in [1.165, 1.54) is 18.9 Å². The van der Waals surface area contributed by atoms with Gasteiger partial charge < -0.3 is 4.74 Å². The summed E-state index contributed by atoms with van der Waals surface area (Å²) in [5.41, 5.74) is 0.0290. The number of ether oxygens (including phenoxy) is 1. The summed E-state index contributed by atoms with van der Waals surface area (Å²) >= 11 is 0. The molecule has 4 rings (SSSR count). The van der Waals surface area contributed by atoms with Crippen molar-refractivity contribution in [2.24, 2.45) is 11.8 Å². The third-order valence-electron chi connectivity index (χ3n) is 7.03. The van der Waals surface area contributed by atoms with Gasteiger partial charge in [0.2, 0.25) is 21.8 Å². The van der Waals surface area contributed by atoms with Crippen LogP contribution in [0.15, 0.2) is 30.4 Å². The van der Waals surface area contributed by atoms with Crippen LogP contribution in [0.3, 0.4) is 0 Å². The molecule has 2 saturated carbocycles. The predicted octanol–water partition coefficient (Wildman–Crippen LogP) is 3.69. The third kappa shape index (κ3) is 6.44. The van der Waals surface area contributed by atoms with Crippen LogP contribution in [0, 0.1) is 17.7 Å². The molecular formula is C25H33FN2O5S. The highest BCUT2D eigenvalue weighted by atomic mass is 32.2. The van der Waals surface area contributed by atoms with E-state index in [1.807, 2.05) is 0 Å². The second kappa shape index (κ2) is 10.6. The van der Waals surface area contributed by atoms with E-state index in [2.05, 4.69) is 10.0 Å². The number of carbonyl (C=O) groups excluding carboxylic acids is 2. The van der Waals surface area contributed by atoms with Gasteiger partial charge in [0.1, 0.15) is 0 Å². The number of nitrogens with one attached hydrogen (secondary N) is 2. The smallest absolute Gasteiger partial charge is 0.229 e. The lowest BCUT2D eigenvalue weighted by Crippen LogP contribution is -2.40. The molecule has 2 N–H and O–H groups in total. The molecule has 0 spiro atoms. The van der Waals surface area contributed by atoms with Crippen LogP contribution in [-0.2, 0) is 25.2 Å². The molecule has 1 aliphatic heterocycles. The summed E-state index contributed by atoms with van der Waals surface area (Å²) in [6.07, 6.45) is 11.1. The summed E-state index contributed by atoms with van der Waals surface area (Å²) in [6.45, 7) is 0.490. The Bertz CT molecular complexity index is 1050. The minimum absolute atomic E-state index is 0.0766. The van der Waals surface area contributed by atoms with Crippen LogP contribution >= 0.6 is 0 Å². The molecule has 1 aromatic carbocycles. The van der Waals surface area contributed by atoms with Crippen LogP contribution in [-0.4, -0.2) is 32.6 Å². The highest BCUT2D eigenvalue weighted by Crippen LogP contribution is 2.47. The first-order valence-corrected chi connectivity index (χ1v) is 13.8. The Morgan fingerprint density at radius 1 is 1.15 bits per heavy atom. The normalized spacial score (nSPS) is 22.8. The summed E-state index contributed by atoms with van der Waals surface area (Å²) in [7, 11) is -3.56. The summed E-state index contributed by atoms with van der Waals surface area (Å²) in [4.78, 5) is 23.0. The van der Waals surface area contributed by atoms with Gasteiger partial charge in [-0.15, -0.1) is 0 Å². The second-order valence-corrected chi connectivity index (χ2v) is 11.6. The zero-order valence-corrected chi connectivity index (χ0v) is 20.2. The molecule has 1 unspecified atom stereocenters. The highest BCUT2D eigenvalue weighted by Gasteiger charge is 2.47. The van der Waals surface area contributed by atoms with Gasteiger partial charge in [0.15, 0.2) is 11.6 Å². The molecule has 34 heavy (non-hydrogen) atoms. The van der Waals surface area contributed by atoms with Gasteiger partial charge in [0.25, 0.3) is 0 Å². The first-order valence-electron chi connectivity index (χ1n) is 12.2. The van der Waals surface area contributed by atoms with E-state index in [9.17, 15) is 22.4 Å². The quantitative estimate of drug-likeness (QED) is 0.362. The lowest BCUT2D eigenvalue weighted by molar-refractivity contribution is -0.136. The number of carbonyl (C=O) groups is 2. The van der Waals surface area contributed by atoms with Crippen molar-refractivity contribution in [2.75, 3.05) is 12.4 Å². The number of halogens is 1. The predicted molar refractivity (Wildman–Crippen MR) is 126 cm³/mol. The van der Waals surface area contributed by atoms with Crippen LogP contribution in [0.4, 0.5) is 4.39 Å². The van der Waals surface area contributed by atoms with E-state index in [-0.39, 0.29) is 29.2 Å². The fourth-order valence-corrected chi connectivity index (χ4v) is 6.25. The number of allylic oxidation sites excluding steroid dienone is 2. The fraction of sp³-hybridized carbons (Fsp3) is 0.600. The number of rotatable bonds is 11. The number of sulfonamides is 1. The Kier molecular flexibility index (Phi) is 7.72. The van der Waals surface area contributed by atoms with Crippen molar-refractivity contribution in [2.45, 2.75) is 69.7 Å². The maximum Gasteiger partial charge on any atom is 0.229 e. The van der Waals surface area contributed by atoms with Crippen LogP contribution in [0.25, 0.3) is 0 Å². The number of imide groups is 1. The average molecular weight is 493 g/mol. The Labute approximate surface area is 200 Å². The van der Waals surface area contributed by atoms with Crippen LogP contribution in [0.1, 0.15) is 69.8 Å². The lowest BCUT2D eigenvalue weighted by atomic mass is 9.95. The van der Waals surface area contributed by atoms with Gasteiger partial charge in [-0.2, -0.15) is 0 Å². The number of amides is 2. The van der Waals surface area contributed by atoms with Crippen LogP contribution in [0.2, 0.25) is 0 Å². The van der Waals surface area contributed by atoms with Gasteiger partial charge in [0, 0.05) is 12.3 Å². The van der Waals surface area contributed by atoms with Crippen LogP contribution in [0.5, 0.6) is 5.75 Å². The molecule has 3 fully saturated rings. The molecule has 2 amide bonds. The van der Waals surface area contributed by atoms with Crippen molar-refractivity contribution in [3.05, 3.63) is 41.7 Å². The number of benzene rings is 1.